The summed E-state index contributed by atoms with van der Waals surface area (Å²) in [6, 6.07) is 6.52. The van der Waals surface area contributed by atoms with E-state index in [9.17, 15) is 9.59 Å². The highest BCUT2D eigenvalue weighted by Gasteiger charge is 2.03. The number of aromatic hydroxyl groups is 1. The summed E-state index contributed by atoms with van der Waals surface area (Å²) in [4.78, 5) is 22.4. The van der Waals surface area contributed by atoms with E-state index in [0.29, 0.717) is 0 Å². The Bertz CT molecular complexity index is 391. The lowest BCUT2D eigenvalue weighted by Crippen LogP contribution is -2.27. The number of hydrogen-bond acceptors (Lipinski definition) is 4. The van der Waals surface area contributed by atoms with Gasteiger partial charge in [0, 0.05) is 11.4 Å². The number of carboxylic acid groups (broad SMARTS) is 1. The number of carbonyl (C=O) groups is 2. The van der Waals surface area contributed by atoms with E-state index in [2.05, 4.69) is 5.32 Å². The van der Waals surface area contributed by atoms with Gasteiger partial charge in [0.15, 0.2) is 0 Å². The van der Waals surface area contributed by atoms with Gasteiger partial charge in [-0.3, -0.25) is 9.59 Å². The lowest BCUT2D eigenvalue weighted by atomic mass is 10.3. The van der Waals surface area contributed by atoms with E-state index in [4.69, 9.17) is 10.2 Å². The first-order valence-corrected chi connectivity index (χ1v) is 5.97. The lowest BCUT2D eigenvalue weighted by Gasteiger charge is -2.03. The Labute approximate surface area is 103 Å². The molecule has 3 N–H and O–H groups in total. The average molecular weight is 255 g/mol. The summed E-state index contributed by atoms with van der Waals surface area (Å²) in [7, 11) is 0. The molecule has 0 unspecified atom stereocenters. The number of aliphatic carboxylic acids is 1. The normalized spacial score (nSPS) is 9.88. The Kier molecular flexibility index (Phi) is 5.35. The Morgan fingerprint density at radius 1 is 1.24 bits per heavy atom. The summed E-state index contributed by atoms with van der Waals surface area (Å²) in [5.74, 6) is -0.731. The van der Waals surface area contributed by atoms with E-state index in [0.717, 1.165) is 4.90 Å². The van der Waals surface area contributed by atoms with Crippen molar-refractivity contribution in [1.29, 1.82) is 0 Å². The molecule has 0 spiro atoms. The van der Waals surface area contributed by atoms with E-state index in [1.807, 2.05) is 0 Å². The van der Waals surface area contributed by atoms with Crippen LogP contribution in [0.2, 0.25) is 0 Å². The van der Waals surface area contributed by atoms with Crippen LogP contribution in [0.1, 0.15) is 6.42 Å². The second-order valence-corrected chi connectivity index (χ2v) is 4.33. The topological polar surface area (TPSA) is 86.6 Å². The predicted molar refractivity (Wildman–Crippen MR) is 64.1 cm³/mol. The van der Waals surface area contributed by atoms with Gasteiger partial charge in [0.1, 0.15) is 5.75 Å². The monoisotopic (exact) mass is 255 g/mol. The van der Waals surface area contributed by atoms with Crippen LogP contribution in [0.4, 0.5) is 0 Å². The van der Waals surface area contributed by atoms with Crippen molar-refractivity contribution in [2.45, 2.75) is 11.3 Å². The molecule has 5 nitrogen and oxygen atoms in total. The molecule has 92 valence electrons. The highest BCUT2D eigenvalue weighted by Crippen LogP contribution is 2.20. The lowest BCUT2D eigenvalue weighted by molar-refractivity contribution is -0.136. The number of thioether (sulfide) groups is 1. The SMILES string of the molecule is O=C(O)CCNC(=O)CSc1ccc(O)cc1. The molecule has 0 aliphatic carbocycles. The van der Waals surface area contributed by atoms with Crippen LogP contribution in [0.3, 0.4) is 0 Å². The Balaban J connectivity index is 2.23. The minimum atomic E-state index is -0.934. The molecule has 1 aromatic rings. The second-order valence-electron chi connectivity index (χ2n) is 3.28. The van der Waals surface area contributed by atoms with Gasteiger partial charge in [-0.25, -0.2) is 0 Å². The molecule has 0 bridgehead atoms. The summed E-state index contributed by atoms with van der Waals surface area (Å²) in [6.45, 7) is 0.143. The molecule has 6 heteroatoms. The largest absolute Gasteiger partial charge is 0.508 e. The maximum Gasteiger partial charge on any atom is 0.305 e. The molecule has 0 saturated heterocycles. The summed E-state index contributed by atoms with van der Waals surface area (Å²) >= 11 is 1.33. The summed E-state index contributed by atoms with van der Waals surface area (Å²) in [6.07, 6.45) is -0.0738. The van der Waals surface area contributed by atoms with Crippen molar-refractivity contribution in [1.82, 2.24) is 5.32 Å². The Hall–Kier alpha value is -1.69. The van der Waals surface area contributed by atoms with Crippen molar-refractivity contribution < 1.29 is 19.8 Å². The number of benzene rings is 1. The Morgan fingerprint density at radius 3 is 2.47 bits per heavy atom. The molecule has 0 fully saturated rings. The summed E-state index contributed by atoms with van der Waals surface area (Å²) in [5, 5.41) is 19.9. The number of carboxylic acids is 1. The minimum absolute atomic E-state index is 0.0738. The van der Waals surface area contributed by atoms with Gasteiger partial charge in [-0.05, 0) is 24.3 Å². The van der Waals surface area contributed by atoms with Gasteiger partial charge >= 0.3 is 5.97 Å². The standard InChI is InChI=1S/C11H13NO4S/c13-8-1-3-9(4-2-8)17-7-10(14)12-6-5-11(15)16/h1-4,13H,5-7H2,(H,12,14)(H,15,16). The van der Waals surface area contributed by atoms with Crippen LogP contribution in [0.15, 0.2) is 29.2 Å². The fraction of sp³-hybridized carbons (Fsp3) is 0.273. The van der Waals surface area contributed by atoms with Crippen LogP contribution in [0, 0.1) is 0 Å². The molecular weight excluding hydrogens is 242 g/mol. The van der Waals surface area contributed by atoms with Crippen molar-refractivity contribution in [3.8, 4) is 5.75 Å². The molecule has 1 aromatic carbocycles. The third-order valence-electron chi connectivity index (χ3n) is 1.87. The molecule has 0 heterocycles. The molecular formula is C11H13NO4S. The molecule has 1 amide bonds. The number of hydrogen-bond donors (Lipinski definition) is 3. The smallest absolute Gasteiger partial charge is 0.305 e. The molecule has 0 atom stereocenters. The molecule has 0 aromatic heterocycles. The molecule has 1 rings (SSSR count). The van der Waals surface area contributed by atoms with Gasteiger partial charge < -0.3 is 15.5 Å². The van der Waals surface area contributed by atoms with E-state index < -0.39 is 5.97 Å². The summed E-state index contributed by atoms with van der Waals surface area (Å²) in [5.41, 5.74) is 0. The summed E-state index contributed by atoms with van der Waals surface area (Å²) < 4.78 is 0. The third kappa shape index (κ3) is 5.82. The zero-order chi connectivity index (χ0) is 12.7. The zero-order valence-electron chi connectivity index (χ0n) is 9.05. The first kappa shape index (κ1) is 13.4. The average Bonchev–Trinajstić information content (AvgIpc) is 2.28. The van der Waals surface area contributed by atoms with Gasteiger partial charge in [-0.2, -0.15) is 0 Å². The van der Waals surface area contributed by atoms with Crippen molar-refractivity contribution >= 4 is 23.6 Å². The van der Waals surface area contributed by atoms with Crippen LogP contribution < -0.4 is 5.32 Å². The van der Waals surface area contributed by atoms with E-state index in [-0.39, 0.29) is 30.4 Å². The predicted octanol–water partition coefficient (Wildman–Crippen LogP) is 1.08. The fourth-order valence-corrected chi connectivity index (χ4v) is 1.78. The van der Waals surface area contributed by atoms with E-state index in [1.165, 1.54) is 11.8 Å². The first-order valence-electron chi connectivity index (χ1n) is 4.98. The maximum absolute atomic E-state index is 11.3. The van der Waals surface area contributed by atoms with E-state index >= 15 is 0 Å². The molecule has 0 aliphatic heterocycles. The minimum Gasteiger partial charge on any atom is -0.508 e. The van der Waals surface area contributed by atoms with Crippen molar-refractivity contribution in [3.63, 3.8) is 0 Å². The zero-order valence-corrected chi connectivity index (χ0v) is 9.87. The number of nitrogens with one attached hydrogen (secondary N) is 1. The maximum atomic E-state index is 11.3. The van der Waals surface area contributed by atoms with E-state index in [1.54, 1.807) is 24.3 Å². The Morgan fingerprint density at radius 2 is 1.88 bits per heavy atom. The quantitative estimate of drug-likeness (QED) is 0.662. The van der Waals surface area contributed by atoms with Crippen LogP contribution >= 0.6 is 11.8 Å². The molecule has 0 saturated carbocycles. The van der Waals surface area contributed by atoms with Crippen LogP contribution in [0.5, 0.6) is 5.75 Å². The number of carbonyl (C=O) groups excluding carboxylic acids is 1. The van der Waals surface area contributed by atoms with Crippen molar-refractivity contribution in [2.24, 2.45) is 0 Å². The number of phenols is 1. The molecule has 0 radical (unpaired) electrons. The fourth-order valence-electron chi connectivity index (χ4n) is 1.05. The van der Waals surface area contributed by atoms with Gasteiger partial charge in [-0.15, -0.1) is 11.8 Å². The first-order chi connectivity index (χ1) is 8.08. The van der Waals surface area contributed by atoms with Crippen molar-refractivity contribution in [2.75, 3.05) is 12.3 Å². The van der Waals surface area contributed by atoms with Crippen LogP contribution in [-0.2, 0) is 9.59 Å². The number of rotatable bonds is 6. The molecule has 17 heavy (non-hydrogen) atoms. The number of phenolic OH excluding ortho intramolecular Hbond substituents is 1. The second kappa shape index (κ2) is 6.80. The van der Waals surface area contributed by atoms with Gasteiger partial charge in [0.25, 0.3) is 0 Å². The highest BCUT2D eigenvalue weighted by molar-refractivity contribution is 8.00. The van der Waals surface area contributed by atoms with Gasteiger partial charge in [-0.1, -0.05) is 0 Å². The molecule has 0 aliphatic rings. The van der Waals surface area contributed by atoms with Gasteiger partial charge in [0.2, 0.25) is 5.91 Å². The van der Waals surface area contributed by atoms with Crippen LogP contribution in [-0.4, -0.2) is 34.4 Å². The number of amides is 1. The van der Waals surface area contributed by atoms with Crippen molar-refractivity contribution in [3.05, 3.63) is 24.3 Å². The van der Waals surface area contributed by atoms with Gasteiger partial charge in [0.05, 0.1) is 12.2 Å². The third-order valence-corrected chi connectivity index (χ3v) is 2.88. The van der Waals surface area contributed by atoms with Crippen LogP contribution in [0.25, 0.3) is 0 Å². The highest BCUT2D eigenvalue weighted by atomic mass is 32.2.